The molecule has 0 aliphatic rings. The third kappa shape index (κ3) is 3.63. The third-order valence-corrected chi connectivity index (χ3v) is 2.88. The molecule has 6 heteroatoms. The van der Waals surface area contributed by atoms with Crippen LogP contribution in [-0.4, -0.2) is 36.8 Å². The molecule has 0 amide bonds. The molecule has 0 aliphatic heterocycles. The molecular weight excluding hydrogens is 261 g/mol. The van der Waals surface area contributed by atoms with Crippen LogP contribution in [0.25, 0.3) is 0 Å². The number of hydrogen-bond acceptors (Lipinski definition) is 4. The summed E-state index contributed by atoms with van der Waals surface area (Å²) in [6.07, 6.45) is 0.954. The van der Waals surface area contributed by atoms with E-state index in [4.69, 9.17) is 28.3 Å². The first-order valence-electron chi connectivity index (χ1n) is 5.53. The zero-order chi connectivity index (χ0) is 12.8. The number of nitrogens with one attached hydrogen (secondary N) is 1. The van der Waals surface area contributed by atoms with Crippen molar-refractivity contribution in [3.8, 4) is 0 Å². The maximum Gasteiger partial charge on any atom is 0.150 e. The molecule has 1 rings (SSSR count). The second-order valence-corrected chi connectivity index (χ2v) is 4.40. The summed E-state index contributed by atoms with van der Waals surface area (Å²) < 4.78 is 0. The van der Waals surface area contributed by atoms with Gasteiger partial charge >= 0.3 is 0 Å². The number of anilines is 2. The van der Waals surface area contributed by atoms with Crippen LogP contribution in [0.5, 0.6) is 0 Å². The molecule has 0 radical (unpaired) electrons. The minimum Gasteiger partial charge on any atom is -0.395 e. The van der Waals surface area contributed by atoms with E-state index in [1.807, 2.05) is 4.90 Å². The Morgan fingerprint density at radius 2 is 2.06 bits per heavy atom. The van der Waals surface area contributed by atoms with E-state index >= 15 is 0 Å². The van der Waals surface area contributed by atoms with Gasteiger partial charge in [0.2, 0.25) is 0 Å². The van der Waals surface area contributed by atoms with Crippen LogP contribution in [0.1, 0.15) is 13.3 Å². The molecule has 2 N–H and O–H groups in total. The highest BCUT2D eigenvalue weighted by Crippen LogP contribution is 2.31. The summed E-state index contributed by atoms with van der Waals surface area (Å²) in [4.78, 5) is 6.31. The van der Waals surface area contributed by atoms with E-state index in [-0.39, 0.29) is 6.61 Å². The molecule has 0 bridgehead atoms. The first kappa shape index (κ1) is 14.4. The zero-order valence-electron chi connectivity index (χ0n) is 10.0. The molecule has 17 heavy (non-hydrogen) atoms. The predicted octanol–water partition coefficient (Wildman–Crippen LogP) is 2.64. The van der Waals surface area contributed by atoms with Gasteiger partial charge in [-0.15, -0.1) is 0 Å². The number of hydrogen-bond donors (Lipinski definition) is 2. The van der Waals surface area contributed by atoms with Crippen molar-refractivity contribution in [1.29, 1.82) is 0 Å². The van der Waals surface area contributed by atoms with Gasteiger partial charge < -0.3 is 15.3 Å². The molecule has 0 saturated carbocycles. The normalized spacial score (nSPS) is 10.4. The Balaban J connectivity index is 3.08. The average molecular weight is 278 g/mol. The lowest BCUT2D eigenvalue weighted by atomic mass is 10.3. The molecule has 4 nitrogen and oxygen atoms in total. The minimum atomic E-state index is 0.0650. The Morgan fingerprint density at radius 1 is 1.35 bits per heavy atom. The van der Waals surface area contributed by atoms with Crippen LogP contribution in [0.4, 0.5) is 11.6 Å². The van der Waals surface area contributed by atoms with Gasteiger partial charge in [-0.25, -0.2) is 4.98 Å². The van der Waals surface area contributed by atoms with E-state index in [1.54, 1.807) is 13.1 Å². The molecule has 0 unspecified atom stereocenters. The summed E-state index contributed by atoms with van der Waals surface area (Å²) in [7, 11) is 1.75. The van der Waals surface area contributed by atoms with Crippen LogP contribution >= 0.6 is 23.2 Å². The Morgan fingerprint density at radius 3 is 2.59 bits per heavy atom. The summed E-state index contributed by atoms with van der Waals surface area (Å²) in [5.41, 5.74) is 0. The highest BCUT2D eigenvalue weighted by atomic mass is 35.5. The second kappa shape index (κ2) is 6.89. The van der Waals surface area contributed by atoms with Crippen molar-refractivity contribution in [3.63, 3.8) is 0 Å². The Labute approximate surface area is 112 Å². The van der Waals surface area contributed by atoms with E-state index in [1.165, 1.54) is 0 Å². The first-order valence-corrected chi connectivity index (χ1v) is 6.29. The molecule has 0 aromatic carbocycles. The molecule has 0 aliphatic carbocycles. The predicted molar refractivity (Wildman–Crippen MR) is 73.4 cm³/mol. The standard InChI is InChI=1S/C11H17Cl2N3O/c1-3-4-16(5-6-17)11-9(13)7-8(12)10(14-2)15-11/h7,17H,3-6H2,1-2H3,(H,14,15). The van der Waals surface area contributed by atoms with Crippen LogP contribution in [0, 0.1) is 0 Å². The van der Waals surface area contributed by atoms with Gasteiger partial charge in [0.05, 0.1) is 16.7 Å². The molecule has 0 fully saturated rings. The number of nitrogens with zero attached hydrogens (tertiary/aromatic N) is 2. The van der Waals surface area contributed by atoms with Gasteiger partial charge in [-0.2, -0.15) is 0 Å². The van der Waals surface area contributed by atoms with Gasteiger partial charge in [0.15, 0.2) is 0 Å². The molecule has 1 heterocycles. The van der Waals surface area contributed by atoms with Crippen molar-refractivity contribution in [2.24, 2.45) is 0 Å². The van der Waals surface area contributed by atoms with Crippen molar-refractivity contribution >= 4 is 34.8 Å². The molecular formula is C11H17Cl2N3O. The van der Waals surface area contributed by atoms with Gasteiger partial charge in [0.1, 0.15) is 11.6 Å². The Hall–Kier alpha value is -0.710. The van der Waals surface area contributed by atoms with E-state index in [0.29, 0.717) is 28.2 Å². The van der Waals surface area contributed by atoms with Gasteiger partial charge in [-0.3, -0.25) is 0 Å². The molecule has 0 saturated heterocycles. The zero-order valence-corrected chi connectivity index (χ0v) is 11.5. The number of aromatic nitrogens is 1. The third-order valence-electron chi connectivity index (χ3n) is 2.31. The number of aliphatic hydroxyl groups is 1. The van der Waals surface area contributed by atoms with Gasteiger partial charge in [-0.1, -0.05) is 30.1 Å². The minimum absolute atomic E-state index is 0.0650. The fourth-order valence-corrected chi connectivity index (χ4v) is 2.14. The Bertz CT molecular complexity index is 368. The highest BCUT2D eigenvalue weighted by Gasteiger charge is 2.14. The van der Waals surface area contributed by atoms with Crippen LogP contribution < -0.4 is 10.2 Å². The van der Waals surface area contributed by atoms with Crippen LogP contribution in [0.2, 0.25) is 10.0 Å². The molecule has 0 atom stereocenters. The number of rotatable bonds is 6. The average Bonchev–Trinajstić information content (AvgIpc) is 2.29. The van der Waals surface area contributed by atoms with Gasteiger partial charge in [-0.05, 0) is 12.5 Å². The number of aliphatic hydroxyl groups excluding tert-OH is 1. The monoisotopic (exact) mass is 277 g/mol. The fourth-order valence-electron chi connectivity index (χ4n) is 1.57. The van der Waals surface area contributed by atoms with Crippen LogP contribution in [0.15, 0.2) is 6.07 Å². The van der Waals surface area contributed by atoms with Crippen molar-refractivity contribution in [3.05, 3.63) is 16.1 Å². The molecule has 0 spiro atoms. The Kier molecular flexibility index (Phi) is 5.82. The first-order chi connectivity index (χ1) is 8.13. The van der Waals surface area contributed by atoms with Gasteiger partial charge in [0.25, 0.3) is 0 Å². The topological polar surface area (TPSA) is 48.4 Å². The van der Waals surface area contributed by atoms with Crippen molar-refractivity contribution < 1.29 is 5.11 Å². The van der Waals surface area contributed by atoms with E-state index in [9.17, 15) is 0 Å². The van der Waals surface area contributed by atoms with Crippen molar-refractivity contribution in [1.82, 2.24) is 4.98 Å². The van der Waals surface area contributed by atoms with E-state index < -0.39 is 0 Å². The quantitative estimate of drug-likeness (QED) is 0.839. The van der Waals surface area contributed by atoms with Gasteiger partial charge in [0, 0.05) is 20.1 Å². The van der Waals surface area contributed by atoms with E-state index in [2.05, 4.69) is 17.2 Å². The van der Waals surface area contributed by atoms with E-state index in [0.717, 1.165) is 13.0 Å². The SMILES string of the molecule is CCCN(CCO)c1nc(NC)c(Cl)cc1Cl. The lowest BCUT2D eigenvalue weighted by Crippen LogP contribution is -2.28. The summed E-state index contributed by atoms with van der Waals surface area (Å²) in [5.74, 6) is 1.24. The summed E-state index contributed by atoms with van der Waals surface area (Å²) in [6.45, 7) is 3.42. The highest BCUT2D eigenvalue weighted by molar-refractivity contribution is 6.37. The summed E-state index contributed by atoms with van der Waals surface area (Å²) >= 11 is 12.1. The van der Waals surface area contributed by atoms with Crippen LogP contribution in [0.3, 0.4) is 0 Å². The number of pyridine rings is 1. The maximum absolute atomic E-state index is 9.04. The molecule has 96 valence electrons. The van der Waals surface area contributed by atoms with Crippen LogP contribution in [-0.2, 0) is 0 Å². The number of halogens is 2. The summed E-state index contributed by atoms with van der Waals surface area (Å²) in [5, 5.41) is 12.9. The maximum atomic E-state index is 9.04. The lowest BCUT2D eigenvalue weighted by molar-refractivity contribution is 0.301. The summed E-state index contributed by atoms with van der Waals surface area (Å²) in [6, 6.07) is 1.66. The van der Waals surface area contributed by atoms with Crippen molar-refractivity contribution in [2.75, 3.05) is 37.0 Å². The largest absolute Gasteiger partial charge is 0.395 e. The molecule has 1 aromatic rings. The fraction of sp³-hybridized carbons (Fsp3) is 0.545. The molecule has 1 aromatic heterocycles. The van der Waals surface area contributed by atoms with Crippen molar-refractivity contribution in [2.45, 2.75) is 13.3 Å². The lowest BCUT2D eigenvalue weighted by Gasteiger charge is -2.24. The second-order valence-electron chi connectivity index (χ2n) is 3.58. The smallest absolute Gasteiger partial charge is 0.150 e.